The van der Waals surface area contributed by atoms with E-state index in [-0.39, 0.29) is 0 Å². The molecule has 0 aliphatic rings. The summed E-state index contributed by atoms with van der Waals surface area (Å²) in [5.74, 6) is 0. The normalized spacial score (nSPS) is 11.6. The molecule has 0 saturated heterocycles. The number of thiophene rings is 1. The largest absolute Gasteiger partial charge is 0.240 e. The number of nitrogens with one attached hydrogen (secondary N) is 1. The first-order chi connectivity index (χ1) is 8.08. The minimum Gasteiger partial charge on any atom is -0.207 e. The number of hydrogen-bond donors (Lipinski definition) is 1. The molecule has 2 rings (SSSR count). The average Bonchev–Trinajstić information content (AvgIpc) is 2.79. The molecule has 3 nitrogen and oxygen atoms in total. The van der Waals surface area contributed by atoms with Gasteiger partial charge in [0.2, 0.25) is 10.0 Å². The molecule has 0 saturated carbocycles. The van der Waals surface area contributed by atoms with Crippen LogP contribution in [0, 0.1) is 6.92 Å². The standard InChI is InChI=1S/C12H13NO2S2/c1-10-3-2-4-12(7-10)17(14,15)13-8-11-5-6-16-9-11/h2-7,9,13H,8H2,1H3. The summed E-state index contributed by atoms with van der Waals surface area (Å²) in [5.41, 5.74) is 1.91. The lowest BCUT2D eigenvalue weighted by atomic mass is 10.2. The van der Waals surface area contributed by atoms with Gasteiger partial charge in [-0.25, -0.2) is 13.1 Å². The van der Waals surface area contributed by atoms with E-state index in [4.69, 9.17) is 0 Å². The molecule has 17 heavy (non-hydrogen) atoms. The number of rotatable bonds is 4. The molecule has 0 fully saturated rings. The van der Waals surface area contributed by atoms with Gasteiger partial charge in [-0.3, -0.25) is 0 Å². The highest BCUT2D eigenvalue weighted by Gasteiger charge is 2.13. The molecule has 0 radical (unpaired) electrons. The van der Waals surface area contributed by atoms with Crippen molar-refractivity contribution in [1.29, 1.82) is 0 Å². The van der Waals surface area contributed by atoms with Crippen molar-refractivity contribution in [2.75, 3.05) is 0 Å². The molecule has 1 aromatic heterocycles. The minimum absolute atomic E-state index is 0.313. The highest BCUT2D eigenvalue weighted by atomic mass is 32.2. The lowest BCUT2D eigenvalue weighted by Crippen LogP contribution is -2.23. The predicted octanol–water partition coefficient (Wildman–Crippen LogP) is 2.54. The maximum atomic E-state index is 12.0. The van der Waals surface area contributed by atoms with Crippen LogP contribution in [0.5, 0.6) is 0 Å². The van der Waals surface area contributed by atoms with Gasteiger partial charge in [-0.1, -0.05) is 12.1 Å². The molecular weight excluding hydrogens is 254 g/mol. The number of aryl methyl sites for hydroxylation is 1. The number of hydrogen-bond acceptors (Lipinski definition) is 3. The molecule has 0 unspecified atom stereocenters. The van der Waals surface area contributed by atoms with Crippen LogP contribution >= 0.6 is 11.3 Å². The smallest absolute Gasteiger partial charge is 0.207 e. The van der Waals surface area contributed by atoms with E-state index in [0.29, 0.717) is 11.4 Å². The maximum absolute atomic E-state index is 12.0. The van der Waals surface area contributed by atoms with Gasteiger partial charge in [-0.2, -0.15) is 11.3 Å². The van der Waals surface area contributed by atoms with E-state index in [9.17, 15) is 8.42 Å². The molecule has 1 N–H and O–H groups in total. The predicted molar refractivity (Wildman–Crippen MR) is 69.5 cm³/mol. The van der Waals surface area contributed by atoms with Crippen LogP contribution in [-0.2, 0) is 16.6 Å². The topological polar surface area (TPSA) is 46.2 Å². The lowest BCUT2D eigenvalue weighted by Gasteiger charge is -2.06. The molecule has 1 heterocycles. The lowest BCUT2D eigenvalue weighted by molar-refractivity contribution is 0.581. The zero-order valence-corrected chi connectivity index (χ0v) is 11.0. The molecule has 0 aliphatic carbocycles. The first kappa shape index (κ1) is 12.3. The van der Waals surface area contributed by atoms with Gasteiger partial charge >= 0.3 is 0 Å². The van der Waals surface area contributed by atoms with Crippen LogP contribution < -0.4 is 4.72 Å². The Labute approximate surface area is 105 Å². The van der Waals surface area contributed by atoms with Crippen LogP contribution in [0.2, 0.25) is 0 Å². The van der Waals surface area contributed by atoms with Gasteiger partial charge in [-0.15, -0.1) is 0 Å². The molecule has 5 heteroatoms. The van der Waals surface area contributed by atoms with E-state index in [2.05, 4.69) is 4.72 Å². The van der Waals surface area contributed by atoms with Crippen LogP contribution in [-0.4, -0.2) is 8.42 Å². The second-order valence-electron chi connectivity index (χ2n) is 3.77. The van der Waals surface area contributed by atoms with Gasteiger partial charge in [0.1, 0.15) is 0 Å². The van der Waals surface area contributed by atoms with E-state index in [1.54, 1.807) is 29.5 Å². The second kappa shape index (κ2) is 5.00. The summed E-state index contributed by atoms with van der Waals surface area (Å²) < 4.78 is 26.5. The van der Waals surface area contributed by atoms with E-state index in [1.165, 1.54) is 0 Å². The number of sulfonamides is 1. The Hall–Kier alpha value is -1.17. The molecule has 2 aromatic rings. The van der Waals surface area contributed by atoms with Gasteiger partial charge in [0.05, 0.1) is 4.90 Å². The maximum Gasteiger partial charge on any atom is 0.240 e. The van der Waals surface area contributed by atoms with E-state index in [0.717, 1.165) is 11.1 Å². The van der Waals surface area contributed by atoms with Crippen molar-refractivity contribution < 1.29 is 8.42 Å². The molecule has 0 amide bonds. The molecule has 0 aliphatic heterocycles. The highest BCUT2D eigenvalue weighted by Crippen LogP contribution is 2.12. The van der Waals surface area contributed by atoms with Crippen molar-refractivity contribution in [3.8, 4) is 0 Å². The van der Waals surface area contributed by atoms with Gasteiger partial charge in [-0.05, 0) is 47.0 Å². The van der Waals surface area contributed by atoms with E-state index < -0.39 is 10.0 Å². The van der Waals surface area contributed by atoms with E-state index >= 15 is 0 Å². The van der Waals surface area contributed by atoms with Crippen LogP contribution in [0.15, 0.2) is 46.0 Å². The summed E-state index contributed by atoms with van der Waals surface area (Å²) in [6.45, 7) is 2.21. The van der Waals surface area contributed by atoms with Gasteiger partial charge in [0, 0.05) is 6.54 Å². The third kappa shape index (κ3) is 3.15. The molecular formula is C12H13NO2S2. The summed E-state index contributed by atoms with van der Waals surface area (Å²) in [5, 5.41) is 3.86. The Morgan fingerprint density at radius 1 is 1.29 bits per heavy atom. The Morgan fingerprint density at radius 3 is 2.76 bits per heavy atom. The molecule has 90 valence electrons. The molecule has 1 aromatic carbocycles. The summed E-state index contributed by atoms with van der Waals surface area (Å²) in [4.78, 5) is 0.313. The zero-order valence-electron chi connectivity index (χ0n) is 9.38. The van der Waals surface area contributed by atoms with Crippen LogP contribution in [0.1, 0.15) is 11.1 Å². The van der Waals surface area contributed by atoms with Gasteiger partial charge < -0.3 is 0 Å². The van der Waals surface area contributed by atoms with Crippen molar-refractivity contribution in [3.63, 3.8) is 0 Å². The Balaban J connectivity index is 2.14. The Kier molecular flexibility index (Phi) is 3.61. The molecule has 0 spiro atoms. The Bertz CT molecular complexity index is 589. The van der Waals surface area contributed by atoms with Crippen LogP contribution in [0.3, 0.4) is 0 Å². The quantitative estimate of drug-likeness (QED) is 0.925. The van der Waals surface area contributed by atoms with Crippen LogP contribution in [0.25, 0.3) is 0 Å². The van der Waals surface area contributed by atoms with Crippen molar-refractivity contribution in [2.24, 2.45) is 0 Å². The summed E-state index contributed by atoms with van der Waals surface area (Å²) in [6.07, 6.45) is 0. The SMILES string of the molecule is Cc1cccc(S(=O)(=O)NCc2ccsc2)c1. The average molecular weight is 267 g/mol. The zero-order chi connectivity index (χ0) is 12.3. The third-order valence-electron chi connectivity index (χ3n) is 2.35. The van der Waals surface area contributed by atoms with Crippen LogP contribution in [0.4, 0.5) is 0 Å². The fourth-order valence-electron chi connectivity index (χ4n) is 1.44. The molecule has 0 bridgehead atoms. The first-order valence-electron chi connectivity index (χ1n) is 5.15. The molecule has 0 atom stereocenters. The monoisotopic (exact) mass is 267 g/mol. The van der Waals surface area contributed by atoms with Crippen molar-refractivity contribution in [2.45, 2.75) is 18.4 Å². The van der Waals surface area contributed by atoms with Gasteiger partial charge in [0.25, 0.3) is 0 Å². The highest BCUT2D eigenvalue weighted by molar-refractivity contribution is 7.89. The summed E-state index contributed by atoms with van der Waals surface area (Å²) >= 11 is 1.55. The minimum atomic E-state index is -3.40. The summed E-state index contributed by atoms with van der Waals surface area (Å²) in [7, 11) is -3.40. The van der Waals surface area contributed by atoms with Crippen molar-refractivity contribution in [1.82, 2.24) is 4.72 Å². The third-order valence-corrected chi connectivity index (χ3v) is 4.48. The Morgan fingerprint density at radius 2 is 2.12 bits per heavy atom. The van der Waals surface area contributed by atoms with Gasteiger partial charge in [0.15, 0.2) is 0 Å². The first-order valence-corrected chi connectivity index (χ1v) is 7.58. The van der Waals surface area contributed by atoms with Crippen molar-refractivity contribution in [3.05, 3.63) is 52.2 Å². The fraction of sp³-hybridized carbons (Fsp3) is 0.167. The fourth-order valence-corrected chi connectivity index (χ4v) is 3.23. The second-order valence-corrected chi connectivity index (χ2v) is 6.32. The number of benzene rings is 1. The van der Waals surface area contributed by atoms with E-state index in [1.807, 2.05) is 29.8 Å². The van der Waals surface area contributed by atoms with Crippen molar-refractivity contribution >= 4 is 21.4 Å². The summed E-state index contributed by atoms with van der Waals surface area (Å²) in [6, 6.07) is 8.79.